The lowest BCUT2D eigenvalue weighted by molar-refractivity contribution is 0.396. The fraction of sp³-hybridized carbons (Fsp3) is 0.375. The number of hydrogen-bond donors (Lipinski definition) is 1. The Labute approximate surface area is 154 Å². The van der Waals surface area contributed by atoms with Crippen molar-refractivity contribution in [3.05, 3.63) is 48.5 Å². The van der Waals surface area contributed by atoms with Gasteiger partial charge in [-0.1, -0.05) is 18.2 Å². The Morgan fingerprint density at radius 1 is 1.39 bits per heavy atom. The van der Waals surface area contributed by atoms with Gasteiger partial charge in [-0.2, -0.15) is 0 Å². The Kier molecular flexibility index (Phi) is 8.46. The largest absolute Gasteiger partial charge is 0.496 e. The normalized spacial score (nSPS) is 10.8. The lowest BCUT2D eigenvalue weighted by Gasteiger charge is -2.23. The molecule has 0 unspecified atom stereocenters. The van der Waals surface area contributed by atoms with Crippen molar-refractivity contribution in [3.8, 4) is 5.75 Å². The Hall–Kier alpha value is -1.77. The quantitative estimate of drug-likeness (QED) is 0.435. The smallest absolute Gasteiger partial charge is 0.193 e. The van der Waals surface area contributed by atoms with E-state index in [4.69, 9.17) is 4.74 Å². The van der Waals surface area contributed by atoms with E-state index in [0.29, 0.717) is 0 Å². The highest BCUT2D eigenvalue weighted by Crippen LogP contribution is 2.18. The molecule has 1 N–H and O–H groups in total. The van der Waals surface area contributed by atoms with Crippen molar-refractivity contribution in [2.45, 2.75) is 13.1 Å². The van der Waals surface area contributed by atoms with Crippen molar-refractivity contribution < 1.29 is 4.74 Å². The number of hydrogen-bond acceptors (Lipinski definition) is 3. The van der Waals surface area contributed by atoms with Gasteiger partial charge in [0, 0.05) is 51.7 Å². The van der Waals surface area contributed by atoms with Gasteiger partial charge in [-0.25, -0.2) is 4.98 Å². The van der Waals surface area contributed by atoms with Gasteiger partial charge in [-0.15, -0.1) is 24.0 Å². The minimum absolute atomic E-state index is 0. The van der Waals surface area contributed by atoms with Gasteiger partial charge >= 0.3 is 0 Å². The lowest BCUT2D eigenvalue weighted by atomic mass is 10.2. The first-order valence-electron chi connectivity index (χ1n) is 7.24. The molecule has 1 aromatic heterocycles. The second-order valence-corrected chi connectivity index (χ2v) is 4.94. The average Bonchev–Trinajstić information content (AvgIpc) is 3.05. The molecule has 0 bridgehead atoms. The van der Waals surface area contributed by atoms with Crippen LogP contribution in [-0.2, 0) is 13.1 Å². The number of rotatable bonds is 6. The maximum absolute atomic E-state index is 5.39. The molecule has 7 heteroatoms. The first-order valence-corrected chi connectivity index (χ1v) is 7.24. The number of halogens is 1. The fourth-order valence-electron chi connectivity index (χ4n) is 2.26. The summed E-state index contributed by atoms with van der Waals surface area (Å²) in [4.78, 5) is 10.4. The molecule has 6 nitrogen and oxygen atoms in total. The van der Waals surface area contributed by atoms with Gasteiger partial charge in [-0.3, -0.25) is 4.99 Å². The Morgan fingerprint density at radius 3 is 2.83 bits per heavy atom. The number of nitrogens with zero attached hydrogens (tertiary/aromatic N) is 4. The first kappa shape index (κ1) is 19.3. The molecule has 0 radical (unpaired) electrons. The Morgan fingerprint density at radius 2 is 2.17 bits per heavy atom. The SMILES string of the molecule is CN=C(NCCn1ccnc1)N(C)Cc1ccccc1OC.I. The zero-order valence-corrected chi connectivity index (χ0v) is 16.1. The molecule has 126 valence electrons. The Balaban J connectivity index is 0.00000264. The van der Waals surface area contributed by atoms with Crippen LogP contribution in [0.25, 0.3) is 0 Å². The molecule has 0 amide bonds. The maximum atomic E-state index is 5.39. The number of ether oxygens (including phenoxy) is 1. The summed E-state index contributed by atoms with van der Waals surface area (Å²) in [5, 5.41) is 3.35. The number of aliphatic imine (C=N–C) groups is 1. The molecular weight excluding hydrogens is 405 g/mol. The molecule has 2 rings (SSSR count). The molecule has 0 atom stereocenters. The monoisotopic (exact) mass is 429 g/mol. The number of benzene rings is 1. The van der Waals surface area contributed by atoms with E-state index in [1.807, 2.05) is 42.3 Å². The number of nitrogens with one attached hydrogen (secondary N) is 1. The van der Waals surface area contributed by atoms with Gasteiger partial charge in [0.2, 0.25) is 0 Å². The second-order valence-electron chi connectivity index (χ2n) is 4.94. The summed E-state index contributed by atoms with van der Waals surface area (Å²) in [5.74, 6) is 1.74. The van der Waals surface area contributed by atoms with Gasteiger partial charge in [0.05, 0.1) is 13.4 Å². The number of methoxy groups -OCH3 is 1. The molecule has 1 aromatic carbocycles. The van der Waals surface area contributed by atoms with Gasteiger partial charge in [-0.05, 0) is 6.07 Å². The van der Waals surface area contributed by atoms with Crippen LogP contribution in [-0.4, -0.2) is 48.2 Å². The zero-order valence-electron chi connectivity index (χ0n) is 13.8. The van der Waals surface area contributed by atoms with Crippen LogP contribution in [0.15, 0.2) is 48.0 Å². The summed E-state index contributed by atoms with van der Waals surface area (Å²) in [7, 11) is 5.49. The highest BCUT2D eigenvalue weighted by Gasteiger charge is 2.09. The van der Waals surface area contributed by atoms with Crippen molar-refractivity contribution in [1.29, 1.82) is 0 Å². The summed E-state index contributed by atoms with van der Waals surface area (Å²) in [6, 6.07) is 8.02. The van der Waals surface area contributed by atoms with Crippen molar-refractivity contribution in [1.82, 2.24) is 19.8 Å². The van der Waals surface area contributed by atoms with Crippen LogP contribution < -0.4 is 10.1 Å². The van der Waals surface area contributed by atoms with E-state index in [0.717, 1.165) is 36.9 Å². The van der Waals surface area contributed by atoms with Crippen LogP contribution in [0.2, 0.25) is 0 Å². The molecule has 0 fully saturated rings. The highest BCUT2D eigenvalue weighted by atomic mass is 127. The average molecular weight is 429 g/mol. The number of guanidine groups is 1. The predicted molar refractivity (Wildman–Crippen MR) is 103 cm³/mol. The molecule has 23 heavy (non-hydrogen) atoms. The fourth-order valence-corrected chi connectivity index (χ4v) is 2.26. The Bertz CT molecular complexity index is 600. The molecule has 0 spiro atoms. The summed E-state index contributed by atoms with van der Waals surface area (Å²) in [6.07, 6.45) is 5.54. The van der Waals surface area contributed by atoms with Gasteiger partial charge in [0.15, 0.2) is 5.96 Å². The van der Waals surface area contributed by atoms with Crippen LogP contribution in [0.4, 0.5) is 0 Å². The van der Waals surface area contributed by atoms with Crippen LogP contribution in [0.3, 0.4) is 0 Å². The summed E-state index contributed by atoms with van der Waals surface area (Å²) < 4.78 is 7.42. The van der Waals surface area contributed by atoms with Crippen molar-refractivity contribution in [2.75, 3.05) is 27.7 Å². The topological polar surface area (TPSA) is 54.7 Å². The third-order valence-electron chi connectivity index (χ3n) is 3.39. The molecule has 0 aliphatic carbocycles. The molecule has 2 aromatic rings. The molecule has 0 saturated heterocycles. The molecule has 1 heterocycles. The third kappa shape index (κ3) is 5.74. The number of aromatic nitrogens is 2. The van der Waals surface area contributed by atoms with Crippen LogP contribution in [0.5, 0.6) is 5.75 Å². The van der Waals surface area contributed by atoms with Crippen molar-refractivity contribution >= 4 is 29.9 Å². The van der Waals surface area contributed by atoms with Gasteiger partial charge in [0.25, 0.3) is 0 Å². The first-order chi connectivity index (χ1) is 10.7. The molecule has 0 aliphatic heterocycles. The van der Waals surface area contributed by atoms with Crippen molar-refractivity contribution in [2.24, 2.45) is 4.99 Å². The second kappa shape index (κ2) is 10.1. The van der Waals surface area contributed by atoms with E-state index < -0.39 is 0 Å². The maximum Gasteiger partial charge on any atom is 0.193 e. The minimum atomic E-state index is 0. The standard InChI is InChI=1S/C16H23N5O.HI/c1-17-16(19-9-11-21-10-8-18-13-21)20(2)12-14-6-4-5-7-15(14)22-3;/h4-8,10,13H,9,11-12H2,1-3H3,(H,17,19);1H. The zero-order chi connectivity index (χ0) is 15.8. The highest BCUT2D eigenvalue weighted by molar-refractivity contribution is 14.0. The van der Waals surface area contributed by atoms with Crippen LogP contribution in [0, 0.1) is 0 Å². The van der Waals surface area contributed by atoms with Gasteiger partial charge < -0.3 is 19.5 Å². The lowest BCUT2D eigenvalue weighted by Crippen LogP contribution is -2.39. The van der Waals surface area contributed by atoms with Crippen LogP contribution in [0.1, 0.15) is 5.56 Å². The van der Waals surface area contributed by atoms with E-state index in [1.54, 1.807) is 20.4 Å². The van der Waals surface area contributed by atoms with E-state index in [2.05, 4.69) is 26.3 Å². The van der Waals surface area contributed by atoms with Gasteiger partial charge in [0.1, 0.15) is 5.75 Å². The minimum Gasteiger partial charge on any atom is -0.496 e. The number of imidazole rings is 1. The van der Waals surface area contributed by atoms with Crippen molar-refractivity contribution in [3.63, 3.8) is 0 Å². The van der Waals surface area contributed by atoms with E-state index >= 15 is 0 Å². The molecular formula is C16H24IN5O. The summed E-state index contributed by atoms with van der Waals surface area (Å²) >= 11 is 0. The number of para-hydroxylation sites is 1. The van der Waals surface area contributed by atoms with Crippen LogP contribution >= 0.6 is 24.0 Å². The molecule has 0 aliphatic rings. The third-order valence-corrected chi connectivity index (χ3v) is 3.39. The predicted octanol–water partition coefficient (Wildman–Crippen LogP) is 2.22. The van der Waals surface area contributed by atoms with E-state index in [-0.39, 0.29) is 24.0 Å². The van der Waals surface area contributed by atoms with E-state index in [1.165, 1.54) is 0 Å². The van der Waals surface area contributed by atoms with E-state index in [9.17, 15) is 0 Å². The molecule has 0 saturated carbocycles. The summed E-state index contributed by atoms with van der Waals surface area (Å²) in [6.45, 7) is 2.37. The summed E-state index contributed by atoms with van der Waals surface area (Å²) in [5.41, 5.74) is 1.13.